The Bertz CT molecular complexity index is 1020. The van der Waals surface area contributed by atoms with Crippen LogP contribution in [0.2, 0.25) is 0 Å². The Hall–Kier alpha value is -3.25. The maximum Gasteiger partial charge on any atom is 0.270 e. The molecule has 6 nitrogen and oxygen atoms in total. The van der Waals surface area contributed by atoms with Crippen molar-refractivity contribution in [1.82, 2.24) is 20.2 Å². The summed E-state index contributed by atoms with van der Waals surface area (Å²) in [6.45, 7) is 4.90. The van der Waals surface area contributed by atoms with E-state index in [4.69, 9.17) is 4.74 Å². The molecule has 0 spiro atoms. The van der Waals surface area contributed by atoms with E-state index in [1.165, 1.54) is 11.1 Å². The van der Waals surface area contributed by atoms with Crippen molar-refractivity contribution < 1.29 is 9.53 Å². The third kappa shape index (κ3) is 5.32. The van der Waals surface area contributed by atoms with Crippen LogP contribution in [0.5, 0.6) is 5.75 Å². The van der Waals surface area contributed by atoms with Crippen LogP contribution < -0.4 is 10.1 Å². The fourth-order valence-corrected chi connectivity index (χ4v) is 4.42. The Morgan fingerprint density at radius 1 is 1.09 bits per heavy atom. The molecule has 0 radical (unpaired) electrons. The molecule has 3 aromatic rings. The van der Waals surface area contributed by atoms with Crippen molar-refractivity contribution in [2.75, 3.05) is 20.2 Å². The van der Waals surface area contributed by atoms with E-state index in [2.05, 4.69) is 39.2 Å². The minimum Gasteiger partial charge on any atom is -0.496 e. The van der Waals surface area contributed by atoms with Crippen LogP contribution in [0, 0.1) is 12.8 Å². The standard InChI is InChI=1S/C26H30N4O2/c1-19-9-10-24(32-2)21(17-19)18-30-15-11-20(12-16-30)25(22-7-3-5-13-27-22)29-26(31)23-8-4-6-14-28-23/h3-10,13-14,17,20,25H,11-12,15-16,18H2,1-2H3,(H,29,31). The molecule has 4 rings (SSSR count). The van der Waals surface area contributed by atoms with Crippen LogP contribution >= 0.6 is 0 Å². The molecule has 1 fully saturated rings. The van der Waals surface area contributed by atoms with Crippen molar-refractivity contribution >= 4 is 5.91 Å². The molecule has 1 aliphatic heterocycles. The van der Waals surface area contributed by atoms with Gasteiger partial charge >= 0.3 is 0 Å². The fourth-order valence-electron chi connectivity index (χ4n) is 4.42. The van der Waals surface area contributed by atoms with Gasteiger partial charge in [0.2, 0.25) is 0 Å². The Labute approximate surface area is 189 Å². The molecule has 32 heavy (non-hydrogen) atoms. The second kappa shape index (κ2) is 10.4. The predicted molar refractivity (Wildman–Crippen MR) is 124 cm³/mol. The molecule has 1 aliphatic rings. The van der Waals surface area contributed by atoms with Gasteiger partial charge in [-0.2, -0.15) is 0 Å². The Balaban J connectivity index is 1.45. The number of methoxy groups -OCH3 is 1. The first-order valence-electron chi connectivity index (χ1n) is 11.1. The number of carbonyl (C=O) groups is 1. The number of rotatable bonds is 7. The third-order valence-electron chi connectivity index (χ3n) is 6.12. The number of carbonyl (C=O) groups excluding carboxylic acids is 1. The van der Waals surface area contributed by atoms with Crippen LogP contribution in [-0.4, -0.2) is 41.0 Å². The van der Waals surface area contributed by atoms with Crippen LogP contribution in [0.3, 0.4) is 0 Å². The number of hydrogen-bond acceptors (Lipinski definition) is 5. The molecule has 1 saturated heterocycles. The van der Waals surface area contributed by atoms with Crippen molar-refractivity contribution in [3.05, 3.63) is 89.5 Å². The lowest BCUT2D eigenvalue weighted by atomic mass is 9.87. The number of likely N-dealkylation sites (tertiary alicyclic amines) is 1. The fraction of sp³-hybridized carbons (Fsp3) is 0.346. The molecule has 0 bridgehead atoms. The molecule has 1 N–H and O–H groups in total. The molecule has 1 aromatic carbocycles. The number of aromatic nitrogens is 2. The van der Waals surface area contributed by atoms with E-state index in [1.807, 2.05) is 36.4 Å². The molecule has 2 aromatic heterocycles. The number of amides is 1. The number of pyridine rings is 2. The highest BCUT2D eigenvalue weighted by atomic mass is 16.5. The molecule has 1 atom stereocenters. The number of piperidine rings is 1. The number of ether oxygens (including phenoxy) is 1. The van der Waals surface area contributed by atoms with E-state index < -0.39 is 0 Å². The van der Waals surface area contributed by atoms with E-state index in [9.17, 15) is 4.79 Å². The Morgan fingerprint density at radius 2 is 1.84 bits per heavy atom. The second-order valence-electron chi connectivity index (χ2n) is 8.35. The lowest BCUT2D eigenvalue weighted by Crippen LogP contribution is -2.41. The predicted octanol–water partition coefficient (Wildman–Crippen LogP) is 4.18. The van der Waals surface area contributed by atoms with Crippen molar-refractivity contribution in [2.45, 2.75) is 32.4 Å². The minimum absolute atomic E-state index is 0.138. The molecule has 1 unspecified atom stereocenters. The van der Waals surface area contributed by atoms with Gasteiger partial charge in [0.05, 0.1) is 18.8 Å². The number of nitrogens with zero attached hydrogens (tertiary/aromatic N) is 3. The van der Waals surface area contributed by atoms with E-state index in [0.29, 0.717) is 11.6 Å². The van der Waals surface area contributed by atoms with Gasteiger partial charge in [0.15, 0.2) is 0 Å². The van der Waals surface area contributed by atoms with Gasteiger partial charge in [-0.25, -0.2) is 0 Å². The van der Waals surface area contributed by atoms with Crippen molar-refractivity contribution in [2.24, 2.45) is 5.92 Å². The minimum atomic E-state index is -0.159. The lowest BCUT2D eigenvalue weighted by Gasteiger charge is -2.36. The number of hydrogen-bond donors (Lipinski definition) is 1. The normalized spacial score (nSPS) is 15.8. The first-order chi connectivity index (χ1) is 15.6. The first-order valence-corrected chi connectivity index (χ1v) is 11.1. The van der Waals surface area contributed by atoms with Gasteiger partial charge in [-0.1, -0.05) is 29.8 Å². The molecule has 0 saturated carbocycles. The van der Waals surface area contributed by atoms with Gasteiger partial charge in [-0.3, -0.25) is 19.7 Å². The Kier molecular flexibility index (Phi) is 7.12. The second-order valence-corrected chi connectivity index (χ2v) is 8.35. The van der Waals surface area contributed by atoms with Crippen LogP contribution in [-0.2, 0) is 6.54 Å². The van der Waals surface area contributed by atoms with Gasteiger partial charge in [-0.05, 0) is 69.1 Å². The SMILES string of the molecule is COc1ccc(C)cc1CN1CCC(C(NC(=O)c2ccccn2)c2ccccn2)CC1. The quantitative estimate of drug-likeness (QED) is 0.609. The zero-order valence-corrected chi connectivity index (χ0v) is 18.7. The highest BCUT2D eigenvalue weighted by molar-refractivity contribution is 5.92. The van der Waals surface area contributed by atoms with Crippen LogP contribution in [0.1, 0.15) is 46.2 Å². The van der Waals surface area contributed by atoms with Gasteiger partial charge in [0.1, 0.15) is 11.4 Å². The molecular weight excluding hydrogens is 400 g/mol. The summed E-state index contributed by atoms with van der Waals surface area (Å²) in [6, 6.07) is 17.4. The number of benzene rings is 1. The van der Waals surface area contributed by atoms with Gasteiger partial charge in [-0.15, -0.1) is 0 Å². The van der Waals surface area contributed by atoms with Crippen molar-refractivity contribution in [1.29, 1.82) is 0 Å². The van der Waals surface area contributed by atoms with Crippen molar-refractivity contribution in [3.8, 4) is 5.75 Å². The average Bonchev–Trinajstić information content (AvgIpc) is 2.84. The summed E-state index contributed by atoms with van der Waals surface area (Å²) >= 11 is 0. The highest BCUT2D eigenvalue weighted by Gasteiger charge is 2.30. The van der Waals surface area contributed by atoms with Gasteiger partial charge in [0, 0.05) is 24.5 Å². The molecule has 166 valence electrons. The highest BCUT2D eigenvalue weighted by Crippen LogP contribution is 2.31. The zero-order valence-electron chi connectivity index (χ0n) is 18.7. The monoisotopic (exact) mass is 430 g/mol. The van der Waals surface area contributed by atoms with Gasteiger partial charge < -0.3 is 10.1 Å². The largest absolute Gasteiger partial charge is 0.496 e. The average molecular weight is 431 g/mol. The molecular formula is C26H30N4O2. The molecule has 1 amide bonds. The van der Waals surface area contributed by atoms with Crippen LogP contribution in [0.4, 0.5) is 0 Å². The molecule has 0 aliphatic carbocycles. The lowest BCUT2D eigenvalue weighted by molar-refractivity contribution is 0.0883. The molecule has 6 heteroatoms. The summed E-state index contributed by atoms with van der Waals surface area (Å²) in [6.07, 6.45) is 5.40. The van der Waals surface area contributed by atoms with E-state index in [0.717, 1.165) is 43.9 Å². The molecule has 3 heterocycles. The summed E-state index contributed by atoms with van der Waals surface area (Å²) < 4.78 is 5.56. The number of aryl methyl sites for hydroxylation is 1. The van der Waals surface area contributed by atoms with Crippen LogP contribution in [0.15, 0.2) is 67.0 Å². The third-order valence-corrected chi connectivity index (χ3v) is 6.12. The maximum absolute atomic E-state index is 12.9. The van der Waals surface area contributed by atoms with Crippen molar-refractivity contribution in [3.63, 3.8) is 0 Å². The number of nitrogens with one attached hydrogen (secondary N) is 1. The van der Waals surface area contributed by atoms with Crippen LogP contribution in [0.25, 0.3) is 0 Å². The summed E-state index contributed by atoms with van der Waals surface area (Å²) in [7, 11) is 1.72. The first kappa shape index (κ1) is 22.0. The van der Waals surface area contributed by atoms with Gasteiger partial charge in [0.25, 0.3) is 5.91 Å². The summed E-state index contributed by atoms with van der Waals surface area (Å²) in [5.41, 5.74) is 3.78. The van der Waals surface area contributed by atoms with E-state index >= 15 is 0 Å². The maximum atomic E-state index is 12.9. The Morgan fingerprint density at radius 3 is 2.50 bits per heavy atom. The smallest absolute Gasteiger partial charge is 0.270 e. The summed E-state index contributed by atoms with van der Waals surface area (Å²) in [5, 5.41) is 3.21. The zero-order chi connectivity index (χ0) is 22.3. The topological polar surface area (TPSA) is 67.3 Å². The summed E-state index contributed by atoms with van der Waals surface area (Å²) in [4.78, 5) is 24.1. The van der Waals surface area contributed by atoms with E-state index in [1.54, 1.807) is 25.6 Å². The van der Waals surface area contributed by atoms with E-state index in [-0.39, 0.29) is 11.9 Å². The summed E-state index contributed by atoms with van der Waals surface area (Å²) in [5.74, 6) is 1.09.